The second-order valence-electron chi connectivity index (χ2n) is 4.73. The number of nitrogens with two attached hydrogens (primary N) is 1. The number of hydrogen-bond acceptors (Lipinski definition) is 3. The van der Waals surface area contributed by atoms with E-state index in [1.165, 1.54) is 5.56 Å². The first kappa shape index (κ1) is 16.5. The maximum absolute atomic E-state index is 6.03. The SMILES string of the molecule is CCC(C)N(CC)C(CN)c1cc(OC)ccc1Br. The lowest BCUT2D eigenvalue weighted by Gasteiger charge is -2.35. The second kappa shape index (κ2) is 7.88. The third-order valence-corrected chi connectivity index (χ3v) is 4.43. The Kier molecular flexibility index (Phi) is 6.83. The van der Waals surface area contributed by atoms with E-state index in [2.05, 4.69) is 47.7 Å². The first-order valence-electron chi connectivity index (χ1n) is 6.88. The molecular weight excluding hydrogens is 304 g/mol. The molecule has 0 saturated carbocycles. The van der Waals surface area contributed by atoms with E-state index in [1.807, 2.05) is 12.1 Å². The Morgan fingerprint density at radius 3 is 2.53 bits per heavy atom. The molecule has 1 aromatic carbocycles. The largest absolute Gasteiger partial charge is 0.497 e. The first-order chi connectivity index (χ1) is 9.08. The minimum atomic E-state index is 0.212. The van der Waals surface area contributed by atoms with Crippen molar-refractivity contribution in [1.82, 2.24) is 4.90 Å². The highest BCUT2D eigenvalue weighted by atomic mass is 79.9. The van der Waals surface area contributed by atoms with Crippen molar-refractivity contribution in [2.75, 3.05) is 20.2 Å². The van der Waals surface area contributed by atoms with Crippen LogP contribution in [-0.4, -0.2) is 31.1 Å². The zero-order valence-electron chi connectivity index (χ0n) is 12.3. The molecule has 108 valence electrons. The molecule has 0 heterocycles. The molecule has 19 heavy (non-hydrogen) atoms. The zero-order valence-corrected chi connectivity index (χ0v) is 13.9. The Balaban J connectivity index is 3.13. The quantitative estimate of drug-likeness (QED) is 0.831. The molecule has 3 nitrogen and oxygen atoms in total. The van der Waals surface area contributed by atoms with Crippen molar-refractivity contribution in [1.29, 1.82) is 0 Å². The van der Waals surface area contributed by atoms with E-state index >= 15 is 0 Å². The molecule has 0 radical (unpaired) electrons. The van der Waals surface area contributed by atoms with Gasteiger partial charge in [0, 0.05) is 23.1 Å². The van der Waals surface area contributed by atoms with Crippen LogP contribution in [0, 0.1) is 0 Å². The van der Waals surface area contributed by atoms with E-state index in [9.17, 15) is 0 Å². The Labute approximate surface area is 125 Å². The third-order valence-electron chi connectivity index (χ3n) is 3.71. The summed E-state index contributed by atoms with van der Waals surface area (Å²) in [5.74, 6) is 0.872. The third kappa shape index (κ3) is 3.94. The summed E-state index contributed by atoms with van der Waals surface area (Å²) in [6.45, 7) is 8.23. The molecule has 0 bridgehead atoms. The molecule has 0 fully saturated rings. The molecule has 0 aromatic heterocycles. The normalized spacial score (nSPS) is 14.5. The van der Waals surface area contributed by atoms with Crippen LogP contribution in [0.2, 0.25) is 0 Å². The molecule has 2 atom stereocenters. The van der Waals surface area contributed by atoms with Crippen LogP contribution in [0.1, 0.15) is 38.8 Å². The van der Waals surface area contributed by atoms with Crippen molar-refractivity contribution in [3.63, 3.8) is 0 Å². The van der Waals surface area contributed by atoms with Crippen molar-refractivity contribution in [2.24, 2.45) is 5.73 Å². The minimum absolute atomic E-state index is 0.212. The summed E-state index contributed by atoms with van der Waals surface area (Å²) in [5.41, 5.74) is 7.23. The molecule has 0 aliphatic heterocycles. The van der Waals surface area contributed by atoms with Gasteiger partial charge in [0.05, 0.1) is 7.11 Å². The summed E-state index contributed by atoms with van der Waals surface area (Å²) in [4.78, 5) is 2.44. The van der Waals surface area contributed by atoms with Crippen molar-refractivity contribution >= 4 is 15.9 Å². The summed E-state index contributed by atoms with van der Waals surface area (Å²) in [5, 5.41) is 0. The molecule has 2 unspecified atom stereocenters. The van der Waals surface area contributed by atoms with Gasteiger partial charge in [-0.3, -0.25) is 4.90 Å². The van der Waals surface area contributed by atoms with Gasteiger partial charge in [0.2, 0.25) is 0 Å². The van der Waals surface area contributed by atoms with Gasteiger partial charge in [0.25, 0.3) is 0 Å². The van der Waals surface area contributed by atoms with Crippen LogP contribution in [0.25, 0.3) is 0 Å². The molecule has 0 saturated heterocycles. The van der Waals surface area contributed by atoms with Crippen molar-refractivity contribution in [3.8, 4) is 5.75 Å². The fraction of sp³-hybridized carbons (Fsp3) is 0.600. The lowest BCUT2D eigenvalue weighted by atomic mass is 10.0. The van der Waals surface area contributed by atoms with Crippen LogP contribution in [0.5, 0.6) is 5.75 Å². The smallest absolute Gasteiger partial charge is 0.119 e. The highest BCUT2D eigenvalue weighted by Crippen LogP contribution is 2.32. The van der Waals surface area contributed by atoms with E-state index in [0.717, 1.165) is 23.2 Å². The summed E-state index contributed by atoms with van der Waals surface area (Å²) in [7, 11) is 1.69. The van der Waals surface area contributed by atoms with Crippen molar-refractivity contribution in [3.05, 3.63) is 28.2 Å². The molecule has 4 heteroatoms. The van der Waals surface area contributed by atoms with Crippen LogP contribution in [0.4, 0.5) is 0 Å². The van der Waals surface area contributed by atoms with Gasteiger partial charge in [-0.2, -0.15) is 0 Å². The molecular formula is C15H25BrN2O. The molecule has 2 N–H and O–H groups in total. The predicted molar refractivity (Wildman–Crippen MR) is 84.6 cm³/mol. The van der Waals surface area contributed by atoms with Crippen molar-refractivity contribution < 1.29 is 4.74 Å². The summed E-state index contributed by atoms with van der Waals surface area (Å²) < 4.78 is 6.41. The van der Waals surface area contributed by atoms with Crippen LogP contribution in [-0.2, 0) is 0 Å². The number of nitrogens with zero attached hydrogens (tertiary/aromatic N) is 1. The maximum Gasteiger partial charge on any atom is 0.119 e. The standard InChI is InChI=1S/C15H25BrN2O/c1-5-11(3)18(6-2)15(10-17)13-9-12(19-4)7-8-14(13)16/h7-9,11,15H,5-6,10,17H2,1-4H3. The van der Waals surface area contributed by atoms with E-state index in [1.54, 1.807) is 7.11 Å². The molecule has 0 spiro atoms. The first-order valence-corrected chi connectivity index (χ1v) is 7.67. The fourth-order valence-electron chi connectivity index (χ4n) is 2.42. The average Bonchev–Trinajstić information content (AvgIpc) is 2.44. The molecule has 1 aromatic rings. The predicted octanol–water partition coefficient (Wildman–Crippen LogP) is 3.58. The minimum Gasteiger partial charge on any atom is -0.497 e. The van der Waals surface area contributed by atoms with Crippen LogP contribution < -0.4 is 10.5 Å². The average molecular weight is 329 g/mol. The summed E-state index contributed by atoms with van der Waals surface area (Å²) in [6.07, 6.45) is 1.12. The highest BCUT2D eigenvalue weighted by molar-refractivity contribution is 9.10. The van der Waals surface area contributed by atoms with Crippen LogP contribution >= 0.6 is 15.9 Å². The number of ether oxygens (including phenoxy) is 1. The van der Waals surface area contributed by atoms with Gasteiger partial charge in [-0.1, -0.05) is 29.8 Å². The van der Waals surface area contributed by atoms with Crippen molar-refractivity contribution in [2.45, 2.75) is 39.3 Å². The number of hydrogen-bond donors (Lipinski definition) is 1. The Hall–Kier alpha value is -0.580. The Morgan fingerprint density at radius 2 is 2.05 bits per heavy atom. The molecule has 0 aliphatic carbocycles. The number of benzene rings is 1. The van der Waals surface area contributed by atoms with E-state index in [-0.39, 0.29) is 6.04 Å². The summed E-state index contributed by atoms with van der Waals surface area (Å²) >= 11 is 3.63. The zero-order chi connectivity index (χ0) is 14.4. The van der Waals surface area contributed by atoms with Gasteiger partial charge >= 0.3 is 0 Å². The highest BCUT2D eigenvalue weighted by Gasteiger charge is 2.23. The van der Waals surface area contributed by atoms with Gasteiger partial charge in [-0.25, -0.2) is 0 Å². The monoisotopic (exact) mass is 328 g/mol. The maximum atomic E-state index is 6.03. The van der Waals surface area contributed by atoms with Gasteiger partial charge in [-0.05, 0) is 43.7 Å². The van der Waals surface area contributed by atoms with Gasteiger partial charge in [-0.15, -0.1) is 0 Å². The number of methoxy groups -OCH3 is 1. The Bertz CT molecular complexity index is 398. The number of halogens is 1. The molecule has 1 rings (SSSR count). The van der Waals surface area contributed by atoms with E-state index in [4.69, 9.17) is 10.5 Å². The Morgan fingerprint density at radius 1 is 1.37 bits per heavy atom. The van der Waals surface area contributed by atoms with Crippen LogP contribution in [0.15, 0.2) is 22.7 Å². The molecule has 0 aliphatic rings. The topological polar surface area (TPSA) is 38.5 Å². The fourth-order valence-corrected chi connectivity index (χ4v) is 2.93. The second-order valence-corrected chi connectivity index (χ2v) is 5.58. The number of likely N-dealkylation sites (N-methyl/N-ethyl adjacent to an activating group) is 1. The van der Waals surface area contributed by atoms with Crippen LogP contribution in [0.3, 0.4) is 0 Å². The van der Waals surface area contributed by atoms with Gasteiger partial charge in [0.1, 0.15) is 5.75 Å². The number of rotatable bonds is 7. The molecule has 0 amide bonds. The summed E-state index contributed by atoms with van der Waals surface area (Å²) in [6, 6.07) is 6.79. The lowest BCUT2D eigenvalue weighted by molar-refractivity contribution is 0.151. The van der Waals surface area contributed by atoms with Gasteiger partial charge < -0.3 is 10.5 Å². The van der Waals surface area contributed by atoms with Gasteiger partial charge in [0.15, 0.2) is 0 Å². The van der Waals surface area contributed by atoms with E-state index < -0.39 is 0 Å². The lowest BCUT2D eigenvalue weighted by Crippen LogP contribution is -2.39. The van der Waals surface area contributed by atoms with E-state index in [0.29, 0.717) is 12.6 Å².